The predicted molar refractivity (Wildman–Crippen MR) is 109 cm³/mol. The Hall–Kier alpha value is -2.20. The number of carbonyl (C=O) groups is 2. The van der Waals surface area contributed by atoms with E-state index in [2.05, 4.69) is 14.7 Å². The Bertz CT molecular complexity index is 1090. The van der Waals surface area contributed by atoms with Crippen molar-refractivity contribution in [3.05, 3.63) is 27.4 Å². The van der Waals surface area contributed by atoms with Crippen LogP contribution >= 0.6 is 22.9 Å². The number of aliphatic carboxylic acids is 1. The maximum Gasteiger partial charge on any atom is 0.332 e. The SMILES string of the molecule is O=C(O)C1=C(C(=O)Nc2sc3c(c2-c2nc(C4CC4)ns2)CCC(F)(F)C3)CCC1. The molecule has 0 unspecified atom stereocenters. The van der Waals surface area contributed by atoms with Crippen LogP contribution in [0.3, 0.4) is 0 Å². The number of nitrogens with zero attached hydrogens (tertiary/aromatic N) is 2. The molecule has 0 atom stereocenters. The number of carboxylic acid groups (broad SMARTS) is 1. The van der Waals surface area contributed by atoms with E-state index < -0.39 is 17.8 Å². The largest absolute Gasteiger partial charge is 0.478 e. The van der Waals surface area contributed by atoms with E-state index in [1.165, 1.54) is 11.5 Å². The molecule has 2 heterocycles. The van der Waals surface area contributed by atoms with Crippen LogP contribution < -0.4 is 5.32 Å². The molecule has 3 aliphatic rings. The van der Waals surface area contributed by atoms with Gasteiger partial charge in [0.2, 0.25) is 0 Å². The van der Waals surface area contributed by atoms with Crippen LogP contribution in [0.1, 0.15) is 60.7 Å². The van der Waals surface area contributed by atoms with Crippen molar-refractivity contribution >= 4 is 39.7 Å². The molecule has 0 saturated heterocycles. The maximum atomic E-state index is 14.0. The van der Waals surface area contributed by atoms with Gasteiger partial charge in [0.25, 0.3) is 11.8 Å². The Morgan fingerprint density at radius 3 is 2.67 bits per heavy atom. The first-order chi connectivity index (χ1) is 14.3. The standard InChI is InChI=1S/C20H19F2N3O3S2/c21-20(22)7-6-12-13(8-20)29-17(14(12)18-23-15(25-30-18)9-4-5-9)24-16(26)10-2-1-3-11(10)19(27)28/h9H,1-8H2,(H,24,26)(H,27,28). The van der Waals surface area contributed by atoms with E-state index in [0.717, 1.165) is 35.6 Å². The van der Waals surface area contributed by atoms with E-state index in [-0.39, 0.29) is 30.4 Å². The van der Waals surface area contributed by atoms with Gasteiger partial charge in [0.15, 0.2) is 0 Å². The topological polar surface area (TPSA) is 92.2 Å². The number of alkyl halides is 2. The average molecular weight is 452 g/mol. The predicted octanol–water partition coefficient (Wildman–Crippen LogP) is 4.77. The van der Waals surface area contributed by atoms with E-state index in [1.807, 2.05) is 0 Å². The summed E-state index contributed by atoms with van der Waals surface area (Å²) in [5, 5.41) is 13.3. The van der Waals surface area contributed by atoms with Gasteiger partial charge in [-0.1, -0.05) is 0 Å². The van der Waals surface area contributed by atoms with Crippen molar-refractivity contribution in [2.75, 3.05) is 5.32 Å². The lowest BCUT2D eigenvalue weighted by atomic mass is 9.93. The number of anilines is 1. The molecule has 5 rings (SSSR count). The Kier molecular flexibility index (Phi) is 4.73. The fourth-order valence-corrected chi connectivity index (χ4v) is 6.33. The quantitative estimate of drug-likeness (QED) is 0.683. The first kappa shape index (κ1) is 19.7. The highest BCUT2D eigenvalue weighted by Crippen LogP contribution is 2.49. The van der Waals surface area contributed by atoms with Gasteiger partial charge in [0, 0.05) is 34.8 Å². The molecular weight excluding hydrogens is 432 g/mol. The summed E-state index contributed by atoms with van der Waals surface area (Å²) < 4.78 is 32.5. The minimum absolute atomic E-state index is 0.133. The maximum absolute atomic E-state index is 14.0. The van der Waals surface area contributed by atoms with Crippen molar-refractivity contribution in [2.45, 2.75) is 63.2 Å². The molecule has 10 heteroatoms. The van der Waals surface area contributed by atoms with Crippen molar-refractivity contribution in [1.29, 1.82) is 0 Å². The lowest BCUT2D eigenvalue weighted by Gasteiger charge is -2.21. The molecule has 30 heavy (non-hydrogen) atoms. The molecule has 2 aromatic heterocycles. The molecule has 1 amide bonds. The molecule has 0 bridgehead atoms. The van der Waals surface area contributed by atoms with Crippen molar-refractivity contribution in [1.82, 2.24) is 9.36 Å². The minimum atomic E-state index is -2.76. The van der Waals surface area contributed by atoms with Gasteiger partial charge < -0.3 is 10.4 Å². The molecule has 2 aromatic rings. The van der Waals surface area contributed by atoms with Gasteiger partial charge in [-0.3, -0.25) is 4.79 Å². The number of amides is 1. The van der Waals surface area contributed by atoms with Gasteiger partial charge in [-0.15, -0.1) is 11.3 Å². The number of rotatable bonds is 5. The number of fused-ring (bicyclic) bond motifs is 1. The monoisotopic (exact) mass is 451 g/mol. The molecule has 2 N–H and O–H groups in total. The van der Waals surface area contributed by atoms with Crippen LogP contribution in [0.5, 0.6) is 0 Å². The molecule has 0 radical (unpaired) electrons. The number of halogens is 2. The molecule has 0 aromatic carbocycles. The number of carboxylic acids is 1. The van der Waals surface area contributed by atoms with Gasteiger partial charge in [-0.05, 0) is 55.6 Å². The zero-order valence-corrected chi connectivity index (χ0v) is 17.6. The van der Waals surface area contributed by atoms with Crippen LogP contribution in [-0.4, -0.2) is 32.3 Å². The number of nitrogens with one attached hydrogen (secondary N) is 1. The average Bonchev–Trinajstić information content (AvgIpc) is 3.10. The molecule has 158 valence electrons. The van der Waals surface area contributed by atoms with E-state index in [4.69, 9.17) is 0 Å². The fraction of sp³-hybridized carbons (Fsp3) is 0.500. The Morgan fingerprint density at radius 2 is 1.93 bits per heavy atom. The van der Waals surface area contributed by atoms with Gasteiger partial charge in [0.1, 0.15) is 15.8 Å². The molecule has 0 aliphatic heterocycles. The molecule has 1 fully saturated rings. The van der Waals surface area contributed by atoms with Crippen molar-refractivity contribution < 1.29 is 23.5 Å². The highest BCUT2D eigenvalue weighted by atomic mass is 32.1. The molecule has 0 spiro atoms. The van der Waals surface area contributed by atoms with Gasteiger partial charge >= 0.3 is 5.97 Å². The number of hydrogen-bond donors (Lipinski definition) is 2. The van der Waals surface area contributed by atoms with Crippen molar-refractivity contribution in [2.24, 2.45) is 0 Å². The summed E-state index contributed by atoms with van der Waals surface area (Å²) in [7, 11) is 0. The van der Waals surface area contributed by atoms with Crippen LogP contribution in [0.25, 0.3) is 10.6 Å². The van der Waals surface area contributed by atoms with Crippen LogP contribution in [0.4, 0.5) is 13.8 Å². The first-order valence-corrected chi connectivity index (χ1v) is 11.5. The van der Waals surface area contributed by atoms with Gasteiger partial charge in [0.05, 0.1) is 5.56 Å². The Morgan fingerprint density at radius 1 is 1.17 bits per heavy atom. The van der Waals surface area contributed by atoms with Crippen LogP contribution in [0, 0.1) is 0 Å². The van der Waals surface area contributed by atoms with Crippen molar-refractivity contribution in [3.8, 4) is 10.6 Å². The summed E-state index contributed by atoms with van der Waals surface area (Å²) in [5.41, 5.74) is 1.88. The smallest absolute Gasteiger partial charge is 0.332 e. The number of thiophene rings is 1. The van der Waals surface area contributed by atoms with Gasteiger partial charge in [-0.25, -0.2) is 18.6 Å². The summed E-state index contributed by atoms with van der Waals surface area (Å²) in [4.78, 5) is 29.5. The van der Waals surface area contributed by atoms with E-state index in [0.29, 0.717) is 45.6 Å². The zero-order chi connectivity index (χ0) is 21.0. The second-order valence-corrected chi connectivity index (χ2v) is 9.90. The van der Waals surface area contributed by atoms with Crippen LogP contribution in [0.2, 0.25) is 0 Å². The van der Waals surface area contributed by atoms with Crippen LogP contribution in [-0.2, 0) is 22.4 Å². The molecule has 1 saturated carbocycles. The van der Waals surface area contributed by atoms with E-state index in [9.17, 15) is 23.5 Å². The lowest BCUT2D eigenvalue weighted by Crippen LogP contribution is -2.24. The zero-order valence-electron chi connectivity index (χ0n) is 16.0. The highest BCUT2D eigenvalue weighted by Gasteiger charge is 2.39. The van der Waals surface area contributed by atoms with Crippen LogP contribution in [0.15, 0.2) is 11.1 Å². The summed E-state index contributed by atoms with van der Waals surface area (Å²) in [6, 6.07) is 0. The second-order valence-electron chi connectivity index (χ2n) is 8.04. The Balaban J connectivity index is 1.54. The summed E-state index contributed by atoms with van der Waals surface area (Å²) in [5.74, 6) is -3.17. The summed E-state index contributed by atoms with van der Waals surface area (Å²) >= 11 is 2.37. The minimum Gasteiger partial charge on any atom is -0.478 e. The van der Waals surface area contributed by atoms with E-state index in [1.54, 1.807) is 0 Å². The van der Waals surface area contributed by atoms with Gasteiger partial charge in [-0.2, -0.15) is 4.37 Å². The third-order valence-electron chi connectivity index (χ3n) is 5.83. The second kappa shape index (κ2) is 7.19. The number of carbonyl (C=O) groups excluding carboxylic acids is 1. The lowest BCUT2D eigenvalue weighted by molar-refractivity contribution is -0.133. The third kappa shape index (κ3) is 3.56. The first-order valence-electron chi connectivity index (χ1n) is 9.95. The normalized spacial score (nSPS) is 20.3. The summed E-state index contributed by atoms with van der Waals surface area (Å²) in [6.07, 6.45) is 3.11. The number of hydrogen-bond acceptors (Lipinski definition) is 6. The Labute approximate surface area is 179 Å². The third-order valence-corrected chi connectivity index (χ3v) is 7.72. The summed E-state index contributed by atoms with van der Waals surface area (Å²) in [6.45, 7) is 0. The molecule has 3 aliphatic carbocycles. The van der Waals surface area contributed by atoms with E-state index >= 15 is 0 Å². The van der Waals surface area contributed by atoms with Crippen molar-refractivity contribution in [3.63, 3.8) is 0 Å². The fourth-order valence-electron chi connectivity index (χ4n) is 4.12. The number of aromatic nitrogens is 2. The molecule has 6 nitrogen and oxygen atoms in total. The molecular formula is C20H19F2N3O3S2. The highest BCUT2D eigenvalue weighted by molar-refractivity contribution is 7.18.